The van der Waals surface area contributed by atoms with E-state index in [2.05, 4.69) is 0 Å². The van der Waals surface area contributed by atoms with Crippen molar-refractivity contribution in [1.82, 2.24) is 4.31 Å². The highest BCUT2D eigenvalue weighted by atomic mass is 35.5. The number of hydrogen-bond donors (Lipinski definition) is 1. The molecule has 1 aromatic rings. The van der Waals surface area contributed by atoms with Crippen LogP contribution in [0.15, 0.2) is 35.2 Å². The van der Waals surface area contributed by atoms with Crippen LogP contribution in [0.1, 0.15) is 24.8 Å². The van der Waals surface area contributed by atoms with Gasteiger partial charge in [0.1, 0.15) is 4.90 Å². The fourth-order valence-electron chi connectivity index (χ4n) is 2.68. The first-order valence-corrected chi connectivity index (χ1v) is 8.84. The van der Waals surface area contributed by atoms with Crippen molar-refractivity contribution < 1.29 is 18.3 Å². The minimum atomic E-state index is -3.76. The number of halogens is 1. The second-order valence-electron chi connectivity index (χ2n) is 5.26. The quantitative estimate of drug-likeness (QED) is 0.853. The van der Waals surface area contributed by atoms with Gasteiger partial charge in [-0.2, -0.15) is 4.31 Å². The monoisotopic (exact) mass is 343 g/mol. The van der Waals surface area contributed by atoms with Crippen LogP contribution in [0, 0.1) is 6.92 Å². The third-order valence-electron chi connectivity index (χ3n) is 3.69. The molecule has 1 fully saturated rings. The zero-order chi connectivity index (χ0) is 16.3. The largest absolute Gasteiger partial charge is 0.478 e. The number of hydrogen-bond acceptors (Lipinski definition) is 3. The summed E-state index contributed by atoms with van der Waals surface area (Å²) in [5.74, 6) is -1.09. The number of carboxylic acids is 1. The Morgan fingerprint density at radius 1 is 1.41 bits per heavy atom. The number of piperidine rings is 1. The van der Waals surface area contributed by atoms with Gasteiger partial charge in [0.15, 0.2) is 0 Å². The van der Waals surface area contributed by atoms with E-state index in [0.717, 1.165) is 18.9 Å². The molecular weight excluding hydrogens is 326 g/mol. The SMILES string of the molecule is Cc1cccc(Cl)c1S(=O)(=O)N1CCCCC1/C=C/C(=O)O. The maximum atomic E-state index is 12.9. The molecule has 0 aromatic heterocycles. The summed E-state index contributed by atoms with van der Waals surface area (Å²) >= 11 is 6.09. The number of aryl methyl sites for hydroxylation is 1. The Kier molecular flexibility index (Phi) is 5.26. The zero-order valence-electron chi connectivity index (χ0n) is 12.2. The maximum absolute atomic E-state index is 12.9. The highest BCUT2D eigenvalue weighted by Gasteiger charge is 2.34. The molecule has 1 saturated heterocycles. The molecule has 0 saturated carbocycles. The Labute approximate surface area is 135 Å². The molecule has 0 bridgehead atoms. The lowest BCUT2D eigenvalue weighted by atomic mass is 10.0. The lowest BCUT2D eigenvalue weighted by Crippen LogP contribution is -2.43. The summed E-state index contributed by atoms with van der Waals surface area (Å²) in [6, 6.07) is 4.50. The fourth-order valence-corrected chi connectivity index (χ4v) is 5.12. The molecule has 1 heterocycles. The van der Waals surface area contributed by atoms with Crippen LogP contribution in [0.5, 0.6) is 0 Å². The molecule has 1 aliphatic heterocycles. The summed E-state index contributed by atoms with van der Waals surface area (Å²) < 4.78 is 27.2. The third kappa shape index (κ3) is 3.51. The average Bonchev–Trinajstić information content (AvgIpc) is 2.45. The molecule has 1 N–H and O–H groups in total. The molecule has 0 amide bonds. The van der Waals surface area contributed by atoms with Gasteiger partial charge < -0.3 is 5.11 Å². The molecule has 120 valence electrons. The van der Waals surface area contributed by atoms with Crippen LogP contribution in [0.3, 0.4) is 0 Å². The first-order chi connectivity index (χ1) is 10.3. The van der Waals surface area contributed by atoms with Gasteiger partial charge in [-0.1, -0.05) is 36.2 Å². The normalized spacial score (nSPS) is 20.4. The van der Waals surface area contributed by atoms with E-state index in [1.807, 2.05) is 0 Å². The molecule has 1 aromatic carbocycles. The molecule has 2 rings (SSSR count). The van der Waals surface area contributed by atoms with Gasteiger partial charge in [0.2, 0.25) is 10.0 Å². The first-order valence-electron chi connectivity index (χ1n) is 7.02. The van der Waals surface area contributed by atoms with Crippen molar-refractivity contribution in [2.75, 3.05) is 6.54 Å². The molecule has 1 atom stereocenters. The van der Waals surface area contributed by atoms with E-state index in [1.165, 1.54) is 10.4 Å². The second kappa shape index (κ2) is 6.81. The number of sulfonamides is 1. The van der Waals surface area contributed by atoms with Crippen molar-refractivity contribution in [3.63, 3.8) is 0 Å². The van der Waals surface area contributed by atoms with Crippen molar-refractivity contribution in [1.29, 1.82) is 0 Å². The average molecular weight is 344 g/mol. The summed E-state index contributed by atoms with van der Waals surface area (Å²) in [6.07, 6.45) is 4.65. The predicted octanol–water partition coefficient (Wildman–Crippen LogP) is 2.83. The molecule has 22 heavy (non-hydrogen) atoms. The van der Waals surface area contributed by atoms with Crippen LogP contribution in [-0.2, 0) is 14.8 Å². The fraction of sp³-hybridized carbons (Fsp3) is 0.400. The molecule has 5 nitrogen and oxygen atoms in total. The third-order valence-corrected chi connectivity index (χ3v) is 6.25. The van der Waals surface area contributed by atoms with Crippen LogP contribution in [0.4, 0.5) is 0 Å². The number of aliphatic carboxylic acids is 1. The van der Waals surface area contributed by atoms with Gasteiger partial charge in [-0.15, -0.1) is 0 Å². The number of benzene rings is 1. The number of carbonyl (C=O) groups is 1. The van der Waals surface area contributed by atoms with Gasteiger partial charge in [-0.05, 0) is 31.4 Å². The van der Waals surface area contributed by atoms with Crippen LogP contribution in [-0.4, -0.2) is 36.4 Å². The Morgan fingerprint density at radius 3 is 2.77 bits per heavy atom. The van der Waals surface area contributed by atoms with E-state index in [1.54, 1.807) is 25.1 Å². The van der Waals surface area contributed by atoms with Gasteiger partial charge in [-0.25, -0.2) is 13.2 Å². The van der Waals surface area contributed by atoms with Gasteiger partial charge >= 0.3 is 5.97 Å². The van der Waals surface area contributed by atoms with Crippen LogP contribution in [0.2, 0.25) is 5.02 Å². The minimum Gasteiger partial charge on any atom is -0.478 e. The molecule has 1 unspecified atom stereocenters. The van der Waals surface area contributed by atoms with Crippen molar-refractivity contribution >= 4 is 27.6 Å². The summed E-state index contributed by atoms with van der Waals surface area (Å²) in [7, 11) is -3.76. The van der Waals surface area contributed by atoms with Gasteiger partial charge in [0.25, 0.3) is 0 Å². The van der Waals surface area contributed by atoms with E-state index in [-0.39, 0.29) is 9.92 Å². The molecular formula is C15H18ClNO4S. The summed E-state index contributed by atoms with van der Waals surface area (Å²) in [5.41, 5.74) is 0.582. The molecule has 0 aliphatic carbocycles. The topological polar surface area (TPSA) is 74.7 Å². The summed E-state index contributed by atoms with van der Waals surface area (Å²) in [5, 5.41) is 8.95. The predicted molar refractivity (Wildman–Crippen MR) is 84.5 cm³/mol. The number of nitrogens with zero attached hydrogens (tertiary/aromatic N) is 1. The lowest BCUT2D eigenvalue weighted by molar-refractivity contribution is -0.131. The van der Waals surface area contributed by atoms with E-state index in [0.29, 0.717) is 18.5 Å². The summed E-state index contributed by atoms with van der Waals surface area (Å²) in [6.45, 7) is 2.06. The summed E-state index contributed by atoms with van der Waals surface area (Å²) in [4.78, 5) is 10.8. The van der Waals surface area contributed by atoms with Gasteiger partial charge in [0.05, 0.1) is 5.02 Å². The van der Waals surface area contributed by atoms with Crippen LogP contribution in [0.25, 0.3) is 0 Å². The lowest BCUT2D eigenvalue weighted by Gasteiger charge is -2.33. The highest BCUT2D eigenvalue weighted by Crippen LogP contribution is 2.32. The van der Waals surface area contributed by atoms with Gasteiger partial charge in [0, 0.05) is 18.7 Å². The number of carboxylic acid groups (broad SMARTS) is 1. The van der Waals surface area contributed by atoms with Crippen LogP contribution < -0.4 is 0 Å². The van der Waals surface area contributed by atoms with Crippen molar-refractivity contribution in [2.24, 2.45) is 0 Å². The van der Waals surface area contributed by atoms with Crippen LogP contribution >= 0.6 is 11.6 Å². The molecule has 0 spiro atoms. The minimum absolute atomic E-state index is 0.104. The smallest absolute Gasteiger partial charge is 0.328 e. The molecule has 1 aliphatic rings. The highest BCUT2D eigenvalue weighted by molar-refractivity contribution is 7.89. The van der Waals surface area contributed by atoms with E-state index in [9.17, 15) is 13.2 Å². The molecule has 7 heteroatoms. The standard InChI is InChI=1S/C15H18ClNO4S/c1-11-5-4-7-13(16)15(11)22(20,21)17-10-3-2-6-12(17)8-9-14(18)19/h4-5,7-9,12H,2-3,6,10H2,1H3,(H,18,19)/b9-8+. The Hall–Kier alpha value is -1.37. The van der Waals surface area contributed by atoms with Gasteiger partial charge in [-0.3, -0.25) is 0 Å². The van der Waals surface area contributed by atoms with E-state index < -0.39 is 22.0 Å². The number of rotatable bonds is 4. The Morgan fingerprint density at radius 2 is 2.14 bits per heavy atom. The van der Waals surface area contributed by atoms with E-state index in [4.69, 9.17) is 16.7 Å². The maximum Gasteiger partial charge on any atom is 0.328 e. The first kappa shape index (κ1) is 17.0. The van der Waals surface area contributed by atoms with Crippen molar-refractivity contribution in [3.05, 3.63) is 40.9 Å². The zero-order valence-corrected chi connectivity index (χ0v) is 13.8. The molecule has 0 radical (unpaired) electrons. The second-order valence-corrected chi connectivity index (χ2v) is 7.50. The van der Waals surface area contributed by atoms with E-state index >= 15 is 0 Å². The van der Waals surface area contributed by atoms with Crippen molar-refractivity contribution in [2.45, 2.75) is 37.1 Å². The Balaban J connectivity index is 2.43. The Bertz CT molecular complexity index is 679. The van der Waals surface area contributed by atoms with Crippen molar-refractivity contribution in [3.8, 4) is 0 Å².